The molecule has 0 aromatic heterocycles. The number of nitrogens with two attached hydrogens (primary N) is 1. The van der Waals surface area contributed by atoms with Gasteiger partial charge in [0.05, 0.1) is 0 Å². The van der Waals surface area contributed by atoms with Gasteiger partial charge in [0.25, 0.3) is 0 Å². The summed E-state index contributed by atoms with van der Waals surface area (Å²) >= 11 is 0. The molecule has 2 rings (SSSR count). The molecule has 2 saturated carbocycles. The summed E-state index contributed by atoms with van der Waals surface area (Å²) < 4.78 is 0. The van der Waals surface area contributed by atoms with Gasteiger partial charge in [-0.3, -0.25) is 4.79 Å². The van der Waals surface area contributed by atoms with Gasteiger partial charge in [-0.15, -0.1) is 0 Å². The largest absolute Gasteiger partial charge is 0.356 e. The van der Waals surface area contributed by atoms with Crippen LogP contribution in [0.2, 0.25) is 0 Å². The Labute approximate surface area is 98.2 Å². The molecule has 0 aromatic carbocycles. The number of carbonyl (C=O) groups excluding carboxylic acids is 1. The van der Waals surface area contributed by atoms with Crippen molar-refractivity contribution in [3.63, 3.8) is 0 Å². The summed E-state index contributed by atoms with van der Waals surface area (Å²) in [6.45, 7) is 3.12. The molecular weight excluding hydrogens is 200 g/mol. The van der Waals surface area contributed by atoms with E-state index in [4.69, 9.17) is 5.73 Å². The van der Waals surface area contributed by atoms with Gasteiger partial charge in [-0.05, 0) is 37.0 Å². The van der Waals surface area contributed by atoms with E-state index in [1.165, 1.54) is 19.3 Å². The summed E-state index contributed by atoms with van der Waals surface area (Å²) in [4.78, 5) is 11.7. The van der Waals surface area contributed by atoms with Crippen LogP contribution in [0.5, 0.6) is 0 Å². The van der Waals surface area contributed by atoms with Crippen molar-refractivity contribution in [1.82, 2.24) is 5.32 Å². The standard InChI is InChI=1S/C13H24N2O/c1-9-6-11(9)8-15-13(16)7-10-4-2-3-5-12(10)14/h9-12H,2-8,14H2,1H3,(H,15,16). The van der Waals surface area contributed by atoms with E-state index in [9.17, 15) is 4.79 Å². The second-order valence-electron chi connectivity index (χ2n) is 5.69. The average molecular weight is 224 g/mol. The number of nitrogens with one attached hydrogen (secondary N) is 1. The van der Waals surface area contributed by atoms with E-state index in [0.29, 0.717) is 12.3 Å². The minimum atomic E-state index is 0.210. The first-order valence-electron chi connectivity index (χ1n) is 6.69. The fraction of sp³-hybridized carbons (Fsp3) is 0.923. The molecule has 2 aliphatic rings. The molecule has 3 nitrogen and oxygen atoms in total. The molecule has 4 unspecified atom stereocenters. The maximum absolute atomic E-state index is 11.7. The van der Waals surface area contributed by atoms with Crippen molar-refractivity contribution in [1.29, 1.82) is 0 Å². The molecule has 0 aromatic rings. The highest BCUT2D eigenvalue weighted by Crippen LogP contribution is 2.36. The third-order valence-corrected chi connectivity index (χ3v) is 4.25. The van der Waals surface area contributed by atoms with E-state index in [2.05, 4.69) is 12.2 Å². The van der Waals surface area contributed by atoms with E-state index < -0.39 is 0 Å². The van der Waals surface area contributed by atoms with Crippen LogP contribution in [0.4, 0.5) is 0 Å². The second kappa shape index (κ2) is 5.17. The van der Waals surface area contributed by atoms with E-state index in [1.54, 1.807) is 0 Å². The first kappa shape index (κ1) is 11.9. The number of rotatable bonds is 4. The van der Waals surface area contributed by atoms with Gasteiger partial charge >= 0.3 is 0 Å². The summed E-state index contributed by atoms with van der Waals surface area (Å²) in [5.41, 5.74) is 6.04. The summed E-state index contributed by atoms with van der Waals surface area (Å²) in [6, 6.07) is 0.249. The maximum atomic E-state index is 11.7. The lowest BCUT2D eigenvalue weighted by Crippen LogP contribution is -2.37. The van der Waals surface area contributed by atoms with Crippen LogP contribution in [0.3, 0.4) is 0 Å². The van der Waals surface area contributed by atoms with Crippen molar-refractivity contribution in [3.05, 3.63) is 0 Å². The van der Waals surface area contributed by atoms with E-state index >= 15 is 0 Å². The molecule has 0 bridgehead atoms. The number of amides is 1. The number of hydrogen-bond donors (Lipinski definition) is 2. The monoisotopic (exact) mass is 224 g/mol. The molecule has 2 aliphatic carbocycles. The molecule has 16 heavy (non-hydrogen) atoms. The molecule has 0 aliphatic heterocycles. The van der Waals surface area contributed by atoms with Crippen LogP contribution in [-0.4, -0.2) is 18.5 Å². The fourth-order valence-corrected chi connectivity index (χ4v) is 2.73. The minimum Gasteiger partial charge on any atom is -0.356 e. The molecule has 3 heteroatoms. The average Bonchev–Trinajstić information content (AvgIpc) is 2.95. The third-order valence-electron chi connectivity index (χ3n) is 4.25. The highest BCUT2D eigenvalue weighted by atomic mass is 16.1. The Kier molecular flexibility index (Phi) is 3.85. The van der Waals surface area contributed by atoms with Crippen molar-refractivity contribution in [2.75, 3.05) is 6.54 Å². The van der Waals surface area contributed by atoms with Gasteiger partial charge in [0, 0.05) is 19.0 Å². The Morgan fingerprint density at radius 2 is 2.00 bits per heavy atom. The van der Waals surface area contributed by atoms with Crippen LogP contribution in [0.1, 0.15) is 45.4 Å². The van der Waals surface area contributed by atoms with E-state index in [0.717, 1.165) is 31.2 Å². The van der Waals surface area contributed by atoms with Gasteiger partial charge in [0.2, 0.25) is 5.91 Å². The molecule has 3 N–H and O–H groups in total. The lowest BCUT2D eigenvalue weighted by atomic mass is 9.83. The van der Waals surface area contributed by atoms with Gasteiger partial charge < -0.3 is 11.1 Å². The summed E-state index contributed by atoms with van der Waals surface area (Å²) in [5, 5.41) is 3.05. The van der Waals surface area contributed by atoms with Crippen LogP contribution in [0.25, 0.3) is 0 Å². The molecular formula is C13H24N2O. The Morgan fingerprint density at radius 3 is 2.62 bits per heavy atom. The predicted molar refractivity (Wildman–Crippen MR) is 64.8 cm³/mol. The zero-order chi connectivity index (χ0) is 11.5. The zero-order valence-electron chi connectivity index (χ0n) is 10.2. The first-order chi connectivity index (χ1) is 7.66. The highest BCUT2D eigenvalue weighted by molar-refractivity contribution is 5.76. The van der Waals surface area contributed by atoms with Crippen LogP contribution < -0.4 is 11.1 Å². The van der Waals surface area contributed by atoms with Crippen molar-refractivity contribution >= 4 is 5.91 Å². The molecule has 4 atom stereocenters. The summed E-state index contributed by atoms with van der Waals surface area (Å²) in [5.74, 6) is 2.19. The van der Waals surface area contributed by atoms with Crippen molar-refractivity contribution in [2.24, 2.45) is 23.5 Å². The van der Waals surface area contributed by atoms with E-state index in [1.807, 2.05) is 0 Å². The molecule has 0 saturated heterocycles. The van der Waals surface area contributed by atoms with E-state index in [-0.39, 0.29) is 11.9 Å². The molecule has 2 fully saturated rings. The topological polar surface area (TPSA) is 55.1 Å². The molecule has 0 radical (unpaired) electrons. The lowest BCUT2D eigenvalue weighted by molar-refractivity contribution is -0.122. The fourth-order valence-electron chi connectivity index (χ4n) is 2.73. The maximum Gasteiger partial charge on any atom is 0.220 e. The summed E-state index contributed by atoms with van der Waals surface area (Å²) in [6.07, 6.45) is 6.63. The quantitative estimate of drug-likeness (QED) is 0.763. The lowest BCUT2D eigenvalue weighted by Gasteiger charge is -2.27. The molecule has 0 heterocycles. The summed E-state index contributed by atoms with van der Waals surface area (Å²) in [7, 11) is 0. The van der Waals surface area contributed by atoms with Crippen LogP contribution in [0, 0.1) is 17.8 Å². The molecule has 92 valence electrons. The van der Waals surface area contributed by atoms with Gasteiger partial charge in [0.1, 0.15) is 0 Å². The highest BCUT2D eigenvalue weighted by Gasteiger charge is 2.32. The number of hydrogen-bond acceptors (Lipinski definition) is 2. The number of carbonyl (C=O) groups is 1. The van der Waals surface area contributed by atoms with Crippen molar-refractivity contribution in [2.45, 2.75) is 51.5 Å². The smallest absolute Gasteiger partial charge is 0.220 e. The predicted octanol–water partition coefficient (Wildman–Crippen LogP) is 1.67. The normalized spacial score (nSPS) is 38.1. The zero-order valence-corrected chi connectivity index (χ0v) is 10.2. The van der Waals surface area contributed by atoms with Gasteiger partial charge in [-0.25, -0.2) is 0 Å². The molecule has 1 amide bonds. The Bertz CT molecular complexity index is 254. The van der Waals surface area contributed by atoms with Gasteiger partial charge in [-0.2, -0.15) is 0 Å². The SMILES string of the molecule is CC1CC1CNC(=O)CC1CCCCC1N. The van der Waals surface area contributed by atoms with Gasteiger partial charge in [0.15, 0.2) is 0 Å². The van der Waals surface area contributed by atoms with Gasteiger partial charge in [-0.1, -0.05) is 19.8 Å². The van der Waals surface area contributed by atoms with Crippen molar-refractivity contribution < 1.29 is 4.79 Å². The molecule has 0 spiro atoms. The van der Waals surface area contributed by atoms with Crippen LogP contribution in [0.15, 0.2) is 0 Å². The van der Waals surface area contributed by atoms with Crippen LogP contribution >= 0.6 is 0 Å². The minimum absolute atomic E-state index is 0.210. The second-order valence-corrected chi connectivity index (χ2v) is 5.69. The third kappa shape index (κ3) is 3.21. The first-order valence-corrected chi connectivity index (χ1v) is 6.69. The van der Waals surface area contributed by atoms with Crippen molar-refractivity contribution in [3.8, 4) is 0 Å². The Balaban J connectivity index is 1.65. The Hall–Kier alpha value is -0.570. The Morgan fingerprint density at radius 1 is 1.31 bits per heavy atom. The van der Waals surface area contributed by atoms with Crippen LogP contribution in [-0.2, 0) is 4.79 Å².